The molecule has 11 heteroatoms. The number of hydrogen-bond donors (Lipinski definition) is 1. The molecule has 2 unspecified atom stereocenters. The Labute approximate surface area is 254 Å². The molecule has 1 aliphatic rings. The highest BCUT2D eigenvalue weighted by atomic mass is 35.5. The van der Waals surface area contributed by atoms with E-state index in [1.165, 1.54) is 55.5 Å². The molecule has 5 rings (SSSR count). The van der Waals surface area contributed by atoms with Crippen LogP contribution in [-0.4, -0.2) is 51.6 Å². The summed E-state index contributed by atoms with van der Waals surface area (Å²) in [5.74, 6) is -0.148. The summed E-state index contributed by atoms with van der Waals surface area (Å²) in [5, 5.41) is 13.1. The second kappa shape index (κ2) is 11.5. The van der Waals surface area contributed by atoms with Gasteiger partial charge in [-0.1, -0.05) is 71.7 Å². The highest BCUT2D eigenvalue weighted by Gasteiger charge is 2.60. The fraction of sp³-hybridized carbons (Fsp3) is 0.194. The van der Waals surface area contributed by atoms with Crippen LogP contribution in [0.15, 0.2) is 95.9 Å². The topological polar surface area (TPSA) is 96.4 Å². The number of fused-ring (bicyclic) bond motifs is 1. The van der Waals surface area contributed by atoms with Crippen LogP contribution in [0.3, 0.4) is 0 Å². The Bertz CT molecular complexity index is 1750. The molecule has 0 bridgehead atoms. The SMILES string of the molecule is COc1ccc(S(=O)(=O)N2c3ccc(Cl)cc3C(O)(c3ccccc3Cl)C2C(=O)N(C)Cc2ccccc2)cc1OC. The summed E-state index contributed by atoms with van der Waals surface area (Å²) >= 11 is 13.0. The number of nitrogens with zero attached hydrogens (tertiary/aromatic N) is 2. The maximum atomic E-state index is 14.5. The normalized spacial score (nSPS) is 18.0. The smallest absolute Gasteiger partial charge is 0.265 e. The van der Waals surface area contributed by atoms with Crippen LogP contribution >= 0.6 is 23.2 Å². The number of likely N-dealkylation sites (N-methyl/N-ethyl adjacent to an activating group) is 1. The fourth-order valence-electron chi connectivity index (χ4n) is 5.31. The van der Waals surface area contributed by atoms with Crippen LogP contribution in [0.25, 0.3) is 0 Å². The van der Waals surface area contributed by atoms with Gasteiger partial charge in [-0.3, -0.25) is 4.79 Å². The predicted molar refractivity (Wildman–Crippen MR) is 162 cm³/mol. The molecule has 0 saturated carbocycles. The van der Waals surface area contributed by atoms with Gasteiger partial charge in [-0.25, -0.2) is 12.7 Å². The number of anilines is 1. The average Bonchev–Trinajstić information content (AvgIpc) is 3.26. The molecule has 0 saturated heterocycles. The number of aliphatic hydroxyl groups is 1. The first kappa shape index (κ1) is 29.7. The molecule has 1 heterocycles. The molecule has 218 valence electrons. The first-order chi connectivity index (χ1) is 20.0. The average molecular weight is 628 g/mol. The van der Waals surface area contributed by atoms with E-state index in [0.717, 1.165) is 9.87 Å². The highest BCUT2D eigenvalue weighted by Crippen LogP contribution is 2.52. The van der Waals surface area contributed by atoms with E-state index in [-0.39, 0.29) is 44.0 Å². The molecule has 0 aromatic heterocycles. The van der Waals surface area contributed by atoms with Crippen molar-refractivity contribution in [3.05, 3.63) is 118 Å². The maximum absolute atomic E-state index is 14.5. The lowest BCUT2D eigenvalue weighted by atomic mass is 9.82. The summed E-state index contributed by atoms with van der Waals surface area (Å²) in [4.78, 5) is 15.7. The van der Waals surface area contributed by atoms with E-state index in [2.05, 4.69) is 0 Å². The number of ether oxygens (including phenoxy) is 2. The number of carbonyl (C=O) groups excluding carboxylic acids is 1. The van der Waals surface area contributed by atoms with Gasteiger partial charge in [0.15, 0.2) is 17.5 Å². The molecule has 42 heavy (non-hydrogen) atoms. The zero-order chi connectivity index (χ0) is 30.2. The van der Waals surface area contributed by atoms with Crippen LogP contribution in [0.1, 0.15) is 16.7 Å². The van der Waals surface area contributed by atoms with E-state index in [1.54, 1.807) is 31.3 Å². The van der Waals surface area contributed by atoms with Crippen molar-refractivity contribution in [1.82, 2.24) is 4.90 Å². The van der Waals surface area contributed by atoms with Gasteiger partial charge in [0.1, 0.15) is 5.60 Å². The van der Waals surface area contributed by atoms with Gasteiger partial charge in [0.25, 0.3) is 10.0 Å². The third-order valence-electron chi connectivity index (χ3n) is 7.31. The minimum absolute atomic E-state index is 0.0862. The van der Waals surface area contributed by atoms with E-state index < -0.39 is 27.6 Å². The summed E-state index contributed by atoms with van der Waals surface area (Å²) < 4.78 is 40.7. The molecule has 1 aliphatic heterocycles. The van der Waals surface area contributed by atoms with E-state index in [4.69, 9.17) is 32.7 Å². The van der Waals surface area contributed by atoms with Crippen LogP contribution < -0.4 is 13.8 Å². The summed E-state index contributed by atoms with van der Waals surface area (Å²) in [7, 11) is -0.127. The van der Waals surface area contributed by atoms with Crippen molar-refractivity contribution in [2.24, 2.45) is 0 Å². The van der Waals surface area contributed by atoms with Crippen LogP contribution in [-0.2, 0) is 27.0 Å². The molecular formula is C31H28Cl2N2O6S. The maximum Gasteiger partial charge on any atom is 0.265 e. The highest BCUT2D eigenvalue weighted by molar-refractivity contribution is 7.93. The number of hydrogen-bond acceptors (Lipinski definition) is 6. The van der Waals surface area contributed by atoms with Crippen molar-refractivity contribution < 1.29 is 27.8 Å². The molecule has 4 aromatic rings. The number of methoxy groups -OCH3 is 2. The molecule has 1 amide bonds. The molecular weight excluding hydrogens is 599 g/mol. The van der Waals surface area contributed by atoms with Gasteiger partial charge in [-0.15, -0.1) is 0 Å². The van der Waals surface area contributed by atoms with E-state index in [0.29, 0.717) is 5.75 Å². The molecule has 8 nitrogen and oxygen atoms in total. The molecule has 0 radical (unpaired) electrons. The summed E-state index contributed by atoms with van der Waals surface area (Å²) in [6.07, 6.45) is 0. The van der Waals surface area contributed by atoms with Crippen molar-refractivity contribution in [2.45, 2.75) is 23.1 Å². The third kappa shape index (κ3) is 4.96. The Hall–Kier alpha value is -3.76. The number of carbonyl (C=O) groups is 1. The Balaban J connectivity index is 1.76. The largest absolute Gasteiger partial charge is 0.493 e. The van der Waals surface area contributed by atoms with Gasteiger partial charge in [0.05, 0.1) is 24.8 Å². The van der Waals surface area contributed by atoms with Crippen LogP contribution in [0.5, 0.6) is 11.5 Å². The fourth-order valence-corrected chi connectivity index (χ4v) is 7.42. The first-order valence-electron chi connectivity index (χ1n) is 12.9. The predicted octanol–water partition coefficient (Wildman–Crippen LogP) is 5.48. The standard InChI is InChI=1S/C31H28Cl2N2O6S/c1-34(19-20-9-5-4-6-10-20)30(36)29-31(37,23-11-7-8-12-25(23)33)24-17-21(32)13-15-26(24)35(29)42(38,39)22-14-16-27(40-2)28(18-22)41-3/h4-18,29,37H,19H2,1-3H3. The quantitative estimate of drug-likeness (QED) is 0.278. The molecule has 1 N–H and O–H groups in total. The number of sulfonamides is 1. The lowest BCUT2D eigenvalue weighted by molar-refractivity contribution is -0.136. The van der Waals surface area contributed by atoms with Crippen molar-refractivity contribution in [2.75, 3.05) is 25.6 Å². The minimum Gasteiger partial charge on any atom is -0.493 e. The van der Waals surface area contributed by atoms with Gasteiger partial charge in [0, 0.05) is 40.8 Å². The van der Waals surface area contributed by atoms with Gasteiger partial charge in [0.2, 0.25) is 5.91 Å². The van der Waals surface area contributed by atoms with Crippen molar-refractivity contribution in [3.63, 3.8) is 0 Å². The molecule has 2 atom stereocenters. The van der Waals surface area contributed by atoms with Crippen molar-refractivity contribution >= 4 is 44.8 Å². The number of benzene rings is 4. The lowest BCUT2D eigenvalue weighted by Gasteiger charge is -2.37. The number of halogens is 2. The Morgan fingerprint density at radius 3 is 2.24 bits per heavy atom. The van der Waals surface area contributed by atoms with Crippen LogP contribution in [0, 0.1) is 0 Å². The van der Waals surface area contributed by atoms with Crippen molar-refractivity contribution in [3.8, 4) is 11.5 Å². The van der Waals surface area contributed by atoms with Gasteiger partial charge in [-0.2, -0.15) is 0 Å². The molecule has 4 aromatic carbocycles. The second-order valence-corrected chi connectivity index (χ2v) is 12.5. The van der Waals surface area contributed by atoms with Gasteiger partial charge < -0.3 is 19.5 Å². The Morgan fingerprint density at radius 2 is 1.57 bits per heavy atom. The molecule has 0 aliphatic carbocycles. The molecule has 0 fully saturated rings. The summed E-state index contributed by atoms with van der Waals surface area (Å²) in [6.45, 7) is 0.163. The Morgan fingerprint density at radius 1 is 0.905 bits per heavy atom. The first-order valence-corrected chi connectivity index (χ1v) is 15.1. The van der Waals surface area contributed by atoms with Gasteiger partial charge >= 0.3 is 0 Å². The third-order valence-corrected chi connectivity index (χ3v) is 9.65. The number of amides is 1. The number of rotatable bonds is 8. The Kier molecular flexibility index (Phi) is 8.13. The molecule has 0 spiro atoms. The van der Waals surface area contributed by atoms with E-state index in [9.17, 15) is 18.3 Å². The van der Waals surface area contributed by atoms with E-state index in [1.807, 2.05) is 30.3 Å². The van der Waals surface area contributed by atoms with Crippen LogP contribution in [0.2, 0.25) is 10.0 Å². The second-order valence-electron chi connectivity index (χ2n) is 9.81. The summed E-state index contributed by atoms with van der Waals surface area (Å²) in [6, 6.07) is 22.6. The van der Waals surface area contributed by atoms with Crippen LogP contribution in [0.4, 0.5) is 5.69 Å². The van der Waals surface area contributed by atoms with E-state index >= 15 is 0 Å². The van der Waals surface area contributed by atoms with Gasteiger partial charge in [-0.05, 0) is 42.0 Å². The van der Waals surface area contributed by atoms with Crippen molar-refractivity contribution in [1.29, 1.82) is 0 Å². The zero-order valence-corrected chi connectivity index (χ0v) is 25.3. The minimum atomic E-state index is -4.51. The monoisotopic (exact) mass is 626 g/mol. The summed E-state index contributed by atoms with van der Waals surface area (Å²) in [5.41, 5.74) is -1.01. The lowest BCUT2D eigenvalue weighted by Crippen LogP contribution is -2.56. The zero-order valence-electron chi connectivity index (χ0n) is 23.0.